The predicted octanol–water partition coefficient (Wildman–Crippen LogP) is 3.58. The first kappa shape index (κ1) is 19.8. The summed E-state index contributed by atoms with van der Waals surface area (Å²) in [6, 6.07) is 0. The molecule has 0 unspecified atom stereocenters. The molecule has 4 heteroatoms. The molecule has 0 atom stereocenters. The molecule has 0 aromatic carbocycles. The first-order chi connectivity index (χ1) is 8.28. The van der Waals surface area contributed by atoms with Crippen molar-refractivity contribution in [3.63, 3.8) is 0 Å². The van der Waals surface area contributed by atoms with Crippen molar-refractivity contribution in [3.05, 3.63) is 24.8 Å². The zero-order valence-electron chi connectivity index (χ0n) is 12.9. The van der Waals surface area contributed by atoms with E-state index in [0.29, 0.717) is 6.42 Å². The maximum atomic E-state index is 10.5. The number of rotatable bonds is 3. The normalized spacial score (nSPS) is 10.8. The van der Waals surface area contributed by atoms with Crippen LogP contribution in [-0.4, -0.2) is 22.6 Å². The van der Waals surface area contributed by atoms with Crippen molar-refractivity contribution in [2.75, 3.05) is 0 Å². The van der Waals surface area contributed by atoms with Crippen molar-refractivity contribution >= 4 is 11.9 Å². The molecular weight excluding hydrogens is 244 g/mol. The van der Waals surface area contributed by atoms with Crippen molar-refractivity contribution in [1.82, 2.24) is 0 Å². The second-order valence-corrected chi connectivity index (χ2v) is 6.38. The van der Waals surface area contributed by atoms with Gasteiger partial charge in [0, 0.05) is 11.6 Å². The maximum Gasteiger partial charge on any atom is 0.330 e. The molecule has 0 fully saturated rings. The van der Waals surface area contributed by atoms with Crippen LogP contribution in [0.1, 0.15) is 48.0 Å². The lowest BCUT2D eigenvalue weighted by Crippen LogP contribution is -2.22. The number of esters is 1. The molecule has 0 saturated heterocycles. The van der Waals surface area contributed by atoms with E-state index in [2.05, 4.69) is 13.2 Å². The van der Waals surface area contributed by atoms with Crippen LogP contribution >= 0.6 is 0 Å². The molecule has 4 nitrogen and oxygen atoms in total. The number of carboxylic acids is 1. The average Bonchev–Trinajstić information content (AvgIpc) is 2.13. The molecule has 19 heavy (non-hydrogen) atoms. The third kappa shape index (κ3) is 16.4. The highest BCUT2D eigenvalue weighted by molar-refractivity contribution is 5.85. The number of hydrogen-bond donors (Lipinski definition) is 1. The van der Waals surface area contributed by atoms with Gasteiger partial charge in [0.15, 0.2) is 0 Å². The Balaban J connectivity index is 0. The van der Waals surface area contributed by atoms with E-state index >= 15 is 0 Å². The van der Waals surface area contributed by atoms with Crippen LogP contribution in [0.2, 0.25) is 0 Å². The first-order valence-electron chi connectivity index (χ1n) is 6.05. The molecule has 110 valence electrons. The summed E-state index contributed by atoms with van der Waals surface area (Å²) in [6.07, 6.45) is 1.70. The molecule has 0 heterocycles. The lowest BCUT2D eigenvalue weighted by molar-refractivity contribution is -0.148. The number of carboxylic acid groups (broad SMARTS) is 1. The Morgan fingerprint density at radius 3 is 1.68 bits per heavy atom. The highest BCUT2D eigenvalue weighted by Gasteiger charge is 2.15. The fourth-order valence-electron chi connectivity index (χ4n) is 1.06. The van der Waals surface area contributed by atoms with E-state index in [1.807, 2.05) is 41.5 Å². The van der Waals surface area contributed by atoms with Gasteiger partial charge in [0.2, 0.25) is 0 Å². The van der Waals surface area contributed by atoms with Gasteiger partial charge >= 0.3 is 11.9 Å². The van der Waals surface area contributed by atoms with Gasteiger partial charge in [-0.3, -0.25) is 0 Å². The minimum absolute atomic E-state index is 0.0233. The van der Waals surface area contributed by atoms with Crippen LogP contribution in [0, 0.1) is 5.41 Å². The molecule has 0 bridgehead atoms. The minimum Gasteiger partial charge on any atom is -0.478 e. The van der Waals surface area contributed by atoms with Gasteiger partial charge in [0.25, 0.3) is 0 Å². The predicted molar refractivity (Wildman–Crippen MR) is 76.9 cm³/mol. The van der Waals surface area contributed by atoms with Crippen LogP contribution in [0.5, 0.6) is 0 Å². The average molecular weight is 270 g/mol. The fraction of sp³-hybridized carbons (Fsp3) is 0.600. The van der Waals surface area contributed by atoms with Crippen LogP contribution < -0.4 is 0 Å². The van der Waals surface area contributed by atoms with Crippen molar-refractivity contribution in [2.24, 2.45) is 5.41 Å². The zero-order chi connectivity index (χ0) is 15.9. The summed E-state index contributed by atoms with van der Waals surface area (Å²) < 4.78 is 4.83. The van der Waals surface area contributed by atoms with E-state index in [-0.39, 0.29) is 17.0 Å². The first-order valence-corrected chi connectivity index (χ1v) is 6.05. The second kappa shape index (κ2) is 7.77. The quantitative estimate of drug-likeness (QED) is 0.629. The third-order valence-electron chi connectivity index (χ3n) is 1.62. The number of carbonyl (C=O) groups is 2. The molecule has 0 amide bonds. The van der Waals surface area contributed by atoms with E-state index in [1.165, 1.54) is 0 Å². The Morgan fingerprint density at radius 2 is 1.58 bits per heavy atom. The molecule has 0 spiro atoms. The Morgan fingerprint density at radius 1 is 1.16 bits per heavy atom. The molecule has 0 aliphatic rings. The highest BCUT2D eigenvalue weighted by Crippen LogP contribution is 2.22. The SMILES string of the molecule is C=C(CC(C)(C)C)C(=O)O.C=CC(=O)OC(C)(C)C. The van der Waals surface area contributed by atoms with Crippen LogP contribution in [0.4, 0.5) is 0 Å². The molecular formula is C15H26O4. The Labute approximate surface area is 116 Å². The van der Waals surface area contributed by atoms with Gasteiger partial charge < -0.3 is 9.84 Å². The Kier molecular flexibility index (Phi) is 8.08. The van der Waals surface area contributed by atoms with Crippen LogP contribution in [0.15, 0.2) is 24.8 Å². The molecule has 0 radical (unpaired) electrons. The van der Waals surface area contributed by atoms with E-state index in [9.17, 15) is 9.59 Å². The highest BCUT2D eigenvalue weighted by atomic mass is 16.6. The van der Waals surface area contributed by atoms with E-state index < -0.39 is 11.6 Å². The van der Waals surface area contributed by atoms with Gasteiger partial charge in [-0.2, -0.15) is 0 Å². The summed E-state index contributed by atoms with van der Waals surface area (Å²) in [5.41, 5.74) is -0.0895. The summed E-state index contributed by atoms with van der Waals surface area (Å²) >= 11 is 0. The van der Waals surface area contributed by atoms with Gasteiger partial charge in [-0.25, -0.2) is 9.59 Å². The number of aliphatic carboxylic acids is 1. The largest absolute Gasteiger partial charge is 0.478 e. The lowest BCUT2D eigenvalue weighted by Gasteiger charge is -2.17. The number of hydrogen-bond acceptors (Lipinski definition) is 3. The molecule has 0 aromatic rings. The van der Waals surface area contributed by atoms with Crippen LogP contribution in [0.3, 0.4) is 0 Å². The zero-order valence-corrected chi connectivity index (χ0v) is 12.9. The van der Waals surface area contributed by atoms with E-state index in [1.54, 1.807) is 0 Å². The fourth-order valence-corrected chi connectivity index (χ4v) is 1.06. The van der Waals surface area contributed by atoms with Gasteiger partial charge in [-0.05, 0) is 32.6 Å². The second-order valence-electron chi connectivity index (χ2n) is 6.38. The maximum absolute atomic E-state index is 10.5. The third-order valence-corrected chi connectivity index (χ3v) is 1.62. The smallest absolute Gasteiger partial charge is 0.330 e. The van der Waals surface area contributed by atoms with E-state index in [0.717, 1.165) is 6.08 Å². The van der Waals surface area contributed by atoms with Crippen molar-refractivity contribution < 1.29 is 19.4 Å². The standard InChI is InChI=1S/C8H14O2.C7H12O2/c1-6(7(9)10)5-8(2,3)4;1-5-6(8)9-7(2,3)4/h1,5H2,2-4H3,(H,9,10);5H,1H2,2-4H3. The Hall–Kier alpha value is -1.58. The Bertz CT molecular complexity index is 340. The van der Waals surface area contributed by atoms with Gasteiger partial charge in [-0.15, -0.1) is 0 Å². The van der Waals surface area contributed by atoms with Gasteiger partial charge in [0.1, 0.15) is 5.60 Å². The molecule has 1 N–H and O–H groups in total. The number of ether oxygens (including phenoxy) is 1. The number of carbonyl (C=O) groups excluding carboxylic acids is 1. The molecule has 0 aromatic heterocycles. The summed E-state index contributed by atoms with van der Waals surface area (Å²) in [5, 5.41) is 8.45. The summed E-state index contributed by atoms with van der Waals surface area (Å²) in [5.74, 6) is -1.27. The molecule has 0 saturated carbocycles. The molecule has 0 aliphatic carbocycles. The summed E-state index contributed by atoms with van der Waals surface area (Å²) in [7, 11) is 0. The molecule has 0 aliphatic heterocycles. The van der Waals surface area contributed by atoms with Crippen molar-refractivity contribution in [1.29, 1.82) is 0 Å². The van der Waals surface area contributed by atoms with Crippen molar-refractivity contribution in [3.8, 4) is 0 Å². The lowest BCUT2D eigenvalue weighted by atomic mass is 9.88. The van der Waals surface area contributed by atoms with Crippen LogP contribution in [-0.2, 0) is 14.3 Å². The minimum atomic E-state index is -0.894. The topological polar surface area (TPSA) is 63.6 Å². The van der Waals surface area contributed by atoms with Gasteiger partial charge in [-0.1, -0.05) is 33.9 Å². The summed E-state index contributed by atoms with van der Waals surface area (Å²) in [6.45, 7) is 18.1. The van der Waals surface area contributed by atoms with E-state index in [4.69, 9.17) is 9.84 Å². The van der Waals surface area contributed by atoms with Crippen LogP contribution in [0.25, 0.3) is 0 Å². The molecule has 0 rings (SSSR count). The monoisotopic (exact) mass is 270 g/mol. The summed E-state index contributed by atoms with van der Waals surface area (Å²) in [4.78, 5) is 20.8. The van der Waals surface area contributed by atoms with Gasteiger partial charge in [0.05, 0.1) is 0 Å². The van der Waals surface area contributed by atoms with Crippen molar-refractivity contribution in [2.45, 2.75) is 53.6 Å².